The molecule has 1 aliphatic heterocycles. The summed E-state index contributed by atoms with van der Waals surface area (Å²) in [6, 6.07) is 14.5. The largest absolute Gasteiger partial charge is 0.368 e. The fourth-order valence-corrected chi connectivity index (χ4v) is 3.42. The van der Waals surface area contributed by atoms with Gasteiger partial charge in [0.05, 0.1) is 23.8 Å². The van der Waals surface area contributed by atoms with Crippen LogP contribution in [0.5, 0.6) is 0 Å². The second-order valence-corrected chi connectivity index (χ2v) is 6.64. The molecule has 0 saturated carbocycles. The zero-order valence-electron chi connectivity index (χ0n) is 14.4. The van der Waals surface area contributed by atoms with E-state index in [1.54, 1.807) is 6.33 Å². The molecule has 1 aromatic heterocycles. The van der Waals surface area contributed by atoms with Crippen molar-refractivity contribution in [3.05, 3.63) is 59.9 Å². The fourth-order valence-electron chi connectivity index (χ4n) is 3.42. The average molecular weight is 334 g/mol. The van der Waals surface area contributed by atoms with Crippen molar-refractivity contribution in [2.45, 2.75) is 13.3 Å². The molecule has 3 aromatic rings. The first kappa shape index (κ1) is 15.7. The number of anilines is 1. The number of carbonyl (C=O) groups excluding carboxylic acids is 1. The van der Waals surface area contributed by atoms with E-state index < -0.39 is 0 Å². The zero-order chi connectivity index (χ0) is 17.2. The van der Waals surface area contributed by atoms with Gasteiger partial charge in [-0.15, -0.1) is 0 Å². The Kier molecular flexibility index (Phi) is 4.14. The van der Waals surface area contributed by atoms with Gasteiger partial charge in [-0.2, -0.15) is 0 Å². The highest BCUT2D eigenvalue weighted by Crippen LogP contribution is 2.18. The number of fused-ring (bicyclic) bond motifs is 1. The topological polar surface area (TPSA) is 52.2 Å². The van der Waals surface area contributed by atoms with Gasteiger partial charge >= 0.3 is 0 Å². The molecule has 1 N–H and O–H groups in total. The van der Waals surface area contributed by atoms with Crippen LogP contribution in [0.25, 0.3) is 11.0 Å². The van der Waals surface area contributed by atoms with Crippen molar-refractivity contribution in [3.8, 4) is 0 Å². The maximum Gasteiger partial charge on any atom is 0.227 e. The lowest BCUT2D eigenvalue weighted by Gasteiger charge is -2.36. The number of hydrogen-bond donors (Lipinski definition) is 1. The van der Waals surface area contributed by atoms with Gasteiger partial charge in [-0.25, -0.2) is 4.98 Å². The smallest absolute Gasteiger partial charge is 0.227 e. The molecule has 0 bridgehead atoms. The molecular weight excluding hydrogens is 312 g/mol. The van der Waals surface area contributed by atoms with Gasteiger partial charge in [0.1, 0.15) is 0 Å². The molecule has 2 aromatic carbocycles. The molecule has 0 unspecified atom stereocenters. The summed E-state index contributed by atoms with van der Waals surface area (Å²) in [7, 11) is 0. The first-order valence-corrected chi connectivity index (χ1v) is 8.70. The highest BCUT2D eigenvalue weighted by atomic mass is 16.2. The molecule has 0 aliphatic carbocycles. The van der Waals surface area contributed by atoms with Crippen molar-refractivity contribution in [2.24, 2.45) is 0 Å². The summed E-state index contributed by atoms with van der Waals surface area (Å²) < 4.78 is 0. The number of piperazine rings is 1. The summed E-state index contributed by atoms with van der Waals surface area (Å²) >= 11 is 0. The summed E-state index contributed by atoms with van der Waals surface area (Å²) in [5, 5.41) is 0. The Morgan fingerprint density at radius 2 is 1.96 bits per heavy atom. The van der Waals surface area contributed by atoms with E-state index >= 15 is 0 Å². The van der Waals surface area contributed by atoms with E-state index in [9.17, 15) is 4.79 Å². The third-order valence-corrected chi connectivity index (χ3v) is 4.84. The molecule has 0 radical (unpaired) electrons. The highest BCUT2D eigenvalue weighted by Gasteiger charge is 2.21. The minimum Gasteiger partial charge on any atom is -0.368 e. The molecule has 4 rings (SSSR count). The lowest BCUT2D eigenvalue weighted by molar-refractivity contribution is -0.130. The number of carbonyl (C=O) groups is 1. The van der Waals surface area contributed by atoms with Crippen LogP contribution in [0.1, 0.15) is 11.1 Å². The number of rotatable bonds is 3. The number of benzene rings is 2. The molecule has 5 nitrogen and oxygen atoms in total. The van der Waals surface area contributed by atoms with Crippen molar-refractivity contribution >= 4 is 22.6 Å². The summed E-state index contributed by atoms with van der Waals surface area (Å²) in [5.41, 5.74) is 5.46. The minimum atomic E-state index is 0.197. The van der Waals surface area contributed by atoms with E-state index in [4.69, 9.17) is 0 Å². The van der Waals surface area contributed by atoms with E-state index in [0.717, 1.165) is 42.8 Å². The first-order valence-electron chi connectivity index (χ1n) is 8.70. The molecule has 0 spiro atoms. The van der Waals surface area contributed by atoms with Crippen molar-refractivity contribution < 1.29 is 4.79 Å². The quantitative estimate of drug-likeness (QED) is 0.801. The SMILES string of the molecule is Cc1cccc(N2CCN(C(=O)Cc3ccc4nc[nH]c4c3)CC2)c1. The lowest BCUT2D eigenvalue weighted by atomic mass is 10.1. The Balaban J connectivity index is 1.37. The zero-order valence-corrected chi connectivity index (χ0v) is 14.4. The molecule has 1 amide bonds. The van der Waals surface area contributed by atoms with E-state index in [-0.39, 0.29) is 5.91 Å². The molecule has 128 valence electrons. The van der Waals surface area contributed by atoms with Gasteiger partial charge in [-0.1, -0.05) is 18.2 Å². The maximum atomic E-state index is 12.6. The standard InChI is InChI=1S/C20H22N4O/c1-15-3-2-4-17(11-15)23-7-9-24(10-8-23)20(25)13-16-5-6-18-19(12-16)22-14-21-18/h2-6,11-12,14H,7-10,13H2,1H3,(H,21,22). The Morgan fingerprint density at radius 3 is 2.76 bits per heavy atom. The molecule has 2 heterocycles. The second kappa shape index (κ2) is 6.59. The molecule has 1 fully saturated rings. The molecule has 25 heavy (non-hydrogen) atoms. The van der Waals surface area contributed by atoms with Crippen LogP contribution in [-0.4, -0.2) is 47.0 Å². The number of aromatic amines is 1. The predicted molar refractivity (Wildman–Crippen MR) is 99.8 cm³/mol. The Morgan fingerprint density at radius 1 is 1.12 bits per heavy atom. The number of amides is 1. The average Bonchev–Trinajstić information content (AvgIpc) is 3.09. The molecule has 0 atom stereocenters. The van der Waals surface area contributed by atoms with Crippen LogP contribution in [0.3, 0.4) is 0 Å². The number of aromatic nitrogens is 2. The second-order valence-electron chi connectivity index (χ2n) is 6.64. The van der Waals surface area contributed by atoms with E-state index in [2.05, 4.69) is 46.1 Å². The van der Waals surface area contributed by atoms with Crippen molar-refractivity contribution in [1.82, 2.24) is 14.9 Å². The number of hydrogen-bond acceptors (Lipinski definition) is 3. The first-order chi connectivity index (χ1) is 12.2. The highest BCUT2D eigenvalue weighted by molar-refractivity contribution is 5.81. The normalized spacial score (nSPS) is 14.9. The third-order valence-electron chi connectivity index (χ3n) is 4.84. The van der Waals surface area contributed by atoms with Crippen LogP contribution in [0.15, 0.2) is 48.8 Å². The number of H-pyrrole nitrogens is 1. The van der Waals surface area contributed by atoms with Gasteiger partial charge in [0, 0.05) is 31.9 Å². The van der Waals surface area contributed by atoms with Crippen LogP contribution in [0, 0.1) is 6.92 Å². The lowest BCUT2D eigenvalue weighted by Crippen LogP contribution is -2.49. The van der Waals surface area contributed by atoms with Gasteiger partial charge in [0.15, 0.2) is 0 Å². The monoisotopic (exact) mass is 334 g/mol. The Labute approximate surface area is 147 Å². The fraction of sp³-hybridized carbons (Fsp3) is 0.300. The number of nitrogens with zero attached hydrogens (tertiary/aromatic N) is 3. The van der Waals surface area contributed by atoms with E-state index in [1.807, 2.05) is 23.1 Å². The summed E-state index contributed by atoms with van der Waals surface area (Å²) in [6.07, 6.45) is 2.13. The molecule has 5 heteroatoms. The maximum absolute atomic E-state index is 12.6. The minimum absolute atomic E-state index is 0.197. The van der Waals surface area contributed by atoms with Gasteiger partial charge in [-0.3, -0.25) is 4.79 Å². The molecule has 1 saturated heterocycles. The predicted octanol–water partition coefficient (Wildman–Crippen LogP) is 2.76. The van der Waals surface area contributed by atoms with E-state index in [1.165, 1.54) is 11.3 Å². The van der Waals surface area contributed by atoms with Crippen LogP contribution in [0.2, 0.25) is 0 Å². The number of imidazole rings is 1. The van der Waals surface area contributed by atoms with Crippen LogP contribution >= 0.6 is 0 Å². The van der Waals surface area contributed by atoms with Gasteiger partial charge in [0.2, 0.25) is 5.91 Å². The van der Waals surface area contributed by atoms with Gasteiger partial charge in [0.25, 0.3) is 0 Å². The summed E-state index contributed by atoms with van der Waals surface area (Å²) in [4.78, 5) is 24.3. The van der Waals surface area contributed by atoms with Crippen LogP contribution in [0.4, 0.5) is 5.69 Å². The third kappa shape index (κ3) is 3.36. The van der Waals surface area contributed by atoms with Crippen LogP contribution < -0.4 is 4.90 Å². The van der Waals surface area contributed by atoms with E-state index in [0.29, 0.717) is 6.42 Å². The Bertz CT molecular complexity index is 893. The van der Waals surface area contributed by atoms with Crippen LogP contribution in [-0.2, 0) is 11.2 Å². The van der Waals surface area contributed by atoms with Gasteiger partial charge < -0.3 is 14.8 Å². The van der Waals surface area contributed by atoms with Crippen molar-refractivity contribution in [2.75, 3.05) is 31.1 Å². The van der Waals surface area contributed by atoms with Crippen molar-refractivity contribution in [3.63, 3.8) is 0 Å². The molecular formula is C20H22N4O. The van der Waals surface area contributed by atoms with Crippen molar-refractivity contribution in [1.29, 1.82) is 0 Å². The van der Waals surface area contributed by atoms with Gasteiger partial charge in [-0.05, 0) is 42.3 Å². The summed E-state index contributed by atoms with van der Waals surface area (Å²) in [5.74, 6) is 0.197. The summed E-state index contributed by atoms with van der Waals surface area (Å²) in [6.45, 7) is 5.43. The number of nitrogens with one attached hydrogen (secondary N) is 1. The molecule has 1 aliphatic rings. The number of aryl methyl sites for hydroxylation is 1. The Hall–Kier alpha value is -2.82.